The molecule has 0 saturated carbocycles. The van der Waals surface area contributed by atoms with E-state index in [1.54, 1.807) is 0 Å². The summed E-state index contributed by atoms with van der Waals surface area (Å²) in [5.41, 5.74) is 0.317. The molecule has 0 aromatic carbocycles. The second-order valence-corrected chi connectivity index (χ2v) is 6.09. The van der Waals surface area contributed by atoms with Crippen molar-refractivity contribution in [2.75, 3.05) is 0 Å². The smallest absolute Gasteiger partial charge is 0.0517 e. The molecule has 0 spiro atoms. The molecule has 1 unspecified atom stereocenters. The maximum absolute atomic E-state index is 9.39. The van der Waals surface area contributed by atoms with Crippen LogP contribution >= 0.6 is 0 Å². The first-order chi connectivity index (χ1) is 7.48. The average molecular weight is 228 g/mol. The summed E-state index contributed by atoms with van der Waals surface area (Å²) in [7, 11) is 0. The summed E-state index contributed by atoms with van der Waals surface area (Å²) in [5, 5.41) is 9.39. The van der Waals surface area contributed by atoms with Crippen LogP contribution in [0.15, 0.2) is 0 Å². The SMILES string of the molecule is CCCCCCCCCC(C)(C)CC(C)O. The van der Waals surface area contributed by atoms with E-state index in [1.807, 2.05) is 6.92 Å². The standard InChI is InChI=1S/C15H32O/c1-5-6-7-8-9-10-11-12-15(3,4)13-14(2)16/h14,16H,5-13H2,1-4H3. The predicted molar refractivity (Wildman–Crippen MR) is 72.7 cm³/mol. The molecule has 0 heterocycles. The molecular weight excluding hydrogens is 196 g/mol. The summed E-state index contributed by atoms with van der Waals surface area (Å²) in [5.74, 6) is 0. The summed E-state index contributed by atoms with van der Waals surface area (Å²) in [6.45, 7) is 8.71. The van der Waals surface area contributed by atoms with Crippen LogP contribution in [0.1, 0.15) is 85.5 Å². The Balaban J connectivity index is 3.36. The minimum absolute atomic E-state index is 0.153. The summed E-state index contributed by atoms with van der Waals surface area (Å²) in [6.07, 6.45) is 11.7. The molecule has 1 atom stereocenters. The van der Waals surface area contributed by atoms with Gasteiger partial charge in [-0.25, -0.2) is 0 Å². The van der Waals surface area contributed by atoms with Crippen molar-refractivity contribution < 1.29 is 5.11 Å². The zero-order valence-corrected chi connectivity index (χ0v) is 11.9. The molecule has 0 amide bonds. The third-order valence-electron chi connectivity index (χ3n) is 3.31. The van der Waals surface area contributed by atoms with E-state index >= 15 is 0 Å². The van der Waals surface area contributed by atoms with Crippen molar-refractivity contribution in [3.05, 3.63) is 0 Å². The van der Waals surface area contributed by atoms with Crippen molar-refractivity contribution >= 4 is 0 Å². The van der Waals surface area contributed by atoms with E-state index in [0.29, 0.717) is 5.41 Å². The van der Waals surface area contributed by atoms with Crippen LogP contribution in [-0.4, -0.2) is 11.2 Å². The van der Waals surface area contributed by atoms with Gasteiger partial charge in [0.15, 0.2) is 0 Å². The molecule has 0 bridgehead atoms. The van der Waals surface area contributed by atoms with Gasteiger partial charge in [0.2, 0.25) is 0 Å². The van der Waals surface area contributed by atoms with Gasteiger partial charge in [-0.15, -0.1) is 0 Å². The fourth-order valence-corrected chi connectivity index (χ4v) is 2.46. The van der Waals surface area contributed by atoms with Gasteiger partial charge in [-0.05, 0) is 25.2 Å². The quantitative estimate of drug-likeness (QED) is 0.526. The van der Waals surface area contributed by atoms with Gasteiger partial charge >= 0.3 is 0 Å². The fraction of sp³-hybridized carbons (Fsp3) is 1.00. The van der Waals surface area contributed by atoms with Gasteiger partial charge in [0.25, 0.3) is 0 Å². The van der Waals surface area contributed by atoms with E-state index < -0.39 is 0 Å². The van der Waals surface area contributed by atoms with Gasteiger partial charge in [-0.1, -0.05) is 65.7 Å². The molecule has 0 aliphatic carbocycles. The van der Waals surface area contributed by atoms with Crippen molar-refractivity contribution in [3.8, 4) is 0 Å². The summed E-state index contributed by atoms with van der Waals surface area (Å²) >= 11 is 0. The lowest BCUT2D eigenvalue weighted by Gasteiger charge is -2.26. The second-order valence-electron chi connectivity index (χ2n) is 6.09. The molecule has 0 aliphatic rings. The monoisotopic (exact) mass is 228 g/mol. The number of aliphatic hydroxyl groups excluding tert-OH is 1. The van der Waals surface area contributed by atoms with Crippen LogP contribution in [-0.2, 0) is 0 Å². The van der Waals surface area contributed by atoms with E-state index in [2.05, 4.69) is 20.8 Å². The van der Waals surface area contributed by atoms with Crippen molar-refractivity contribution in [2.45, 2.75) is 91.6 Å². The number of aliphatic hydroxyl groups is 1. The highest BCUT2D eigenvalue weighted by Crippen LogP contribution is 2.29. The van der Waals surface area contributed by atoms with Crippen molar-refractivity contribution in [2.24, 2.45) is 5.41 Å². The van der Waals surface area contributed by atoms with Crippen molar-refractivity contribution in [1.82, 2.24) is 0 Å². The first-order valence-corrected chi connectivity index (χ1v) is 7.16. The zero-order chi connectivity index (χ0) is 12.4. The molecule has 1 heteroatoms. The lowest BCUT2D eigenvalue weighted by Crippen LogP contribution is -2.18. The van der Waals surface area contributed by atoms with Crippen LogP contribution in [0, 0.1) is 5.41 Å². The van der Waals surface area contributed by atoms with E-state index in [1.165, 1.54) is 51.4 Å². The topological polar surface area (TPSA) is 20.2 Å². The molecule has 98 valence electrons. The Bertz CT molecular complexity index is 150. The molecular formula is C15H32O. The fourth-order valence-electron chi connectivity index (χ4n) is 2.46. The first-order valence-electron chi connectivity index (χ1n) is 7.16. The van der Waals surface area contributed by atoms with Gasteiger partial charge in [-0.2, -0.15) is 0 Å². The van der Waals surface area contributed by atoms with Crippen LogP contribution in [0.4, 0.5) is 0 Å². The van der Waals surface area contributed by atoms with Crippen molar-refractivity contribution in [3.63, 3.8) is 0 Å². The van der Waals surface area contributed by atoms with Crippen LogP contribution < -0.4 is 0 Å². The Morgan fingerprint density at radius 1 is 0.938 bits per heavy atom. The highest BCUT2D eigenvalue weighted by molar-refractivity contribution is 4.71. The number of rotatable bonds is 10. The first kappa shape index (κ1) is 16.0. The number of hydrogen-bond donors (Lipinski definition) is 1. The summed E-state index contributed by atoms with van der Waals surface area (Å²) in [4.78, 5) is 0. The Kier molecular flexibility index (Phi) is 9.02. The highest BCUT2D eigenvalue weighted by atomic mass is 16.3. The lowest BCUT2D eigenvalue weighted by molar-refractivity contribution is 0.123. The molecule has 0 saturated heterocycles. The van der Waals surface area contributed by atoms with Gasteiger partial charge in [0.1, 0.15) is 0 Å². The maximum Gasteiger partial charge on any atom is 0.0517 e. The minimum Gasteiger partial charge on any atom is -0.393 e. The number of unbranched alkanes of at least 4 members (excludes halogenated alkanes) is 6. The van der Waals surface area contributed by atoms with Gasteiger partial charge in [-0.3, -0.25) is 0 Å². The molecule has 1 N–H and O–H groups in total. The van der Waals surface area contributed by atoms with E-state index in [0.717, 1.165) is 6.42 Å². The molecule has 0 aliphatic heterocycles. The Hall–Kier alpha value is -0.0400. The lowest BCUT2D eigenvalue weighted by atomic mass is 9.82. The van der Waals surface area contributed by atoms with Gasteiger partial charge < -0.3 is 5.11 Å². The maximum atomic E-state index is 9.39. The molecule has 0 radical (unpaired) electrons. The Morgan fingerprint density at radius 2 is 1.44 bits per heavy atom. The molecule has 0 aromatic heterocycles. The van der Waals surface area contributed by atoms with Crippen LogP contribution in [0.5, 0.6) is 0 Å². The van der Waals surface area contributed by atoms with Crippen molar-refractivity contribution in [1.29, 1.82) is 0 Å². The van der Waals surface area contributed by atoms with E-state index in [-0.39, 0.29) is 6.10 Å². The van der Waals surface area contributed by atoms with E-state index in [9.17, 15) is 5.11 Å². The molecule has 0 rings (SSSR count). The Labute approximate surface area is 103 Å². The zero-order valence-electron chi connectivity index (χ0n) is 11.9. The molecule has 0 fully saturated rings. The highest BCUT2D eigenvalue weighted by Gasteiger charge is 2.19. The third-order valence-corrected chi connectivity index (χ3v) is 3.31. The molecule has 16 heavy (non-hydrogen) atoms. The number of hydrogen-bond acceptors (Lipinski definition) is 1. The van der Waals surface area contributed by atoms with Crippen LogP contribution in [0.25, 0.3) is 0 Å². The molecule has 1 nitrogen and oxygen atoms in total. The minimum atomic E-state index is -0.153. The second kappa shape index (κ2) is 9.04. The average Bonchev–Trinajstić information content (AvgIpc) is 2.14. The predicted octanol–water partition coefficient (Wildman–Crippen LogP) is 4.92. The third kappa shape index (κ3) is 10.5. The van der Waals surface area contributed by atoms with Gasteiger partial charge in [0.05, 0.1) is 6.10 Å². The van der Waals surface area contributed by atoms with Crippen LogP contribution in [0.3, 0.4) is 0 Å². The largest absolute Gasteiger partial charge is 0.393 e. The summed E-state index contributed by atoms with van der Waals surface area (Å²) < 4.78 is 0. The van der Waals surface area contributed by atoms with Gasteiger partial charge in [0, 0.05) is 0 Å². The Morgan fingerprint density at radius 3 is 1.94 bits per heavy atom. The van der Waals surface area contributed by atoms with E-state index in [4.69, 9.17) is 0 Å². The normalized spacial score (nSPS) is 14.1. The molecule has 0 aromatic rings. The summed E-state index contributed by atoms with van der Waals surface area (Å²) in [6, 6.07) is 0. The van der Waals surface area contributed by atoms with Crippen LogP contribution in [0.2, 0.25) is 0 Å².